The first-order valence-corrected chi connectivity index (χ1v) is 9.32. The number of carbonyl (C=O) groups excluding carboxylic acids is 1. The van der Waals surface area contributed by atoms with Crippen molar-refractivity contribution in [3.8, 4) is 17.2 Å². The van der Waals surface area contributed by atoms with E-state index >= 15 is 0 Å². The molecule has 1 aliphatic heterocycles. The summed E-state index contributed by atoms with van der Waals surface area (Å²) in [4.78, 5) is 14.8. The largest absolute Gasteiger partial charge is 0.493 e. The number of urea groups is 1. The second-order valence-electron chi connectivity index (χ2n) is 6.57. The number of anilines is 2. The van der Waals surface area contributed by atoms with Crippen molar-refractivity contribution in [3.05, 3.63) is 42.5 Å². The molecule has 2 aromatic carbocycles. The SMILES string of the molecule is COc1cc(NC(=O)NCC2CCCN2c2ccccc2)cc(OC)c1OC. The predicted octanol–water partition coefficient (Wildman–Crippen LogP) is 3.50. The topological polar surface area (TPSA) is 72.1 Å². The molecule has 7 heteroatoms. The Balaban J connectivity index is 1.61. The van der Waals surface area contributed by atoms with Crippen LogP contribution in [-0.2, 0) is 0 Å². The van der Waals surface area contributed by atoms with Gasteiger partial charge in [-0.2, -0.15) is 0 Å². The smallest absolute Gasteiger partial charge is 0.319 e. The van der Waals surface area contributed by atoms with E-state index in [0.717, 1.165) is 19.4 Å². The van der Waals surface area contributed by atoms with Gasteiger partial charge in [-0.05, 0) is 25.0 Å². The third-order valence-corrected chi connectivity index (χ3v) is 4.89. The molecule has 1 heterocycles. The van der Waals surface area contributed by atoms with Crippen LogP contribution in [0.3, 0.4) is 0 Å². The normalized spacial score (nSPS) is 15.8. The Morgan fingerprint density at radius 2 is 1.75 bits per heavy atom. The molecule has 2 N–H and O–H groups in total. The molecule has 28 heavy (non-hydrogen) atoms. The van der Waals surface area contributed by atoms with E-state index in [9.17, 15) is 4.79 Å². The number of hydrogen-bond acceptors (Lipinski definition) is 5. The third-order valence-electron chi connectivity index (χ3n) is 4.89. The second kappa shape index (κ2) is 9.21. The quantitative estimate of drug-likeness (QED) is 0.763. The average Bonchev–Trinajstić information content (AvgIpc) is 3.20. The Hall–Kier alpha value is -3.09. The van der Waals surface area contributed by atoms with Gasteiger partial charge in [0.1, 0.15) is 0 Å². The van der Waals surface area contributed by atoms with Crippen molar-refractivity contribution in [2.75, 3.05) is 44.6 Å². The maximum absolute atomic E-state index is 12.4. The summed E-state index contributed by atoms with van der Waals surface area (Å²) in [5, 5.41) is 5.81. The van der Waals surface area contributed by atoms with E-state index < -0.39 is 0 Å². The molecule has 0 spiro atoms. The number of amides is 2. The lowest BCUT2D eigenvalue weighted by Crippen LogP contribution is -2.41. The van der Waals surface area contributed by atoms with Gasteiger partial charge in [0.05, 0.1) is 27.0 Å². The number of para-hydroxylation sites is 1. The van der Waals surface area contributed by atoms with E-state index in [2.05, 4.69) is 27.7 Å². The first kappa shape index (κ1) is 19.7. The van der Waals surface area contributed by atoms with Crippen LogP contribution < -0.4 is 29.7 Å². The third kappa shape index (κ3) is 4.42. The monoisotopic (exact) mass is 385 g/mol. The summed E-state index contributed by atoms with van der Waals surface area (Å²) in [6, 6.07) is 13.7. The van der Waals surface area contributed by atoms with Gasteiger partial charge in [0, 0.05) is 37.0 Å². The van der Waals surface area contributed by atoms with Crippen LogP contribution in [0.15, 0.2) is 42.5 Å². The lowest BCUT2D eigenvalue weighted by Gasteiger charge is -2.27. The maximum Gasteiger partial charge on any atom is 0.319 e. The fraction of sp³-hybridized carbons (Fsp3) is 0.381. The Morgan fingerprint density at radius 3 is 2.36 bits per heavy atom. The van der Waals surface area contributed by atoms with Gasteiger partial charge in [-0.25, -0.2) is 4.79 Å². The second-order valence-corrected chi connectivity index (χ2v) is 6.57. The van der Waals surface area contributed by atoms with Crippen LogP contribution in [-0.4, -0.2) is 46.5 Å². The van der Waals surface area contributed by atoms with Gasteiger partial charge < -0.3 is 29.7 Å². The van der Waals surface area contributed by atoms with Crippen LogP contribution >= 0.6 is 0 Å². The van der Waals surface area contributed by atoms with Gasteiger partial charge in [0.25, 0.3) is 0 Å². The summed E-state index contributed by atoms with van der Waals surface area (Å²) in [7, 11) is 4.62. The Bertz CT molecular complexity index is 772. The molecule has 0 aliphatic carbocycles. The number of methoxy groups -OCH3 is 3. The van der Waals surface area contributed by atoms with E-state index in [1.165, 1.54) is 5.69 Å². The molecule has 3 rings (SSSR count). The summed E-state index contributed by atoms with van der Waals surface area (Å²) in [5.74, 6) is 1.46. The van der Waals surface area contributed by atoms with Gasteiger partial charge in [-0.1, -0.05) is 18.2 Å². The van der Waals surface area contributed by atoms with Crippen LogP contribution in [0.2, 0.25) is 0 Å². The van der Waals surface area contributed by atoms with Gasteiger partial charge in [-0.15, -0.1) is 0 Å². The molecule has 7 nitrogen and oxygen atoms in total. The van der Waals surface area contributed by atoms with E-state index in [-0.39, 0.29) is 12.1 Å². The molecule has 2 aromatic rings. The highest BCUT2D eigenvalue weighted by atomic mass is 16.5. The summed E-state index contributed by atoms with van der Waals surface area (Å²) >= 11 is 0. The highest BCUT2D eigenvalue weighted by Crippen LogP contribution is 2.39. The lowest BCUT2D eigenvalue weighted by atomic mass is 10.2. The van der Waals surface area contributed by atoms with Crippen molar-refractivity contribution in [3.63, 3.8) is 0 Å². The molecule has 0 saturated carbocycles. The fourth-order valence-electron chi connectivity index (χ4n) is 3.55. The minimum Gasteiger partial charge on any atom is -0.493 e. The van der Waals surface area contributed by atoms with E-state index in [0.29, 0.717) is 29.5 Å². The molecular weight excluding hydrogens is 358 g/mol. The number of nitrogens with zero attached hydrogens (tertiary/aromatic N) is 1. The molecule has 1 fully saturated rings. The van der Waals surface area contributed by atoms with Gasteiger partial charge >= 0.3 is 6.03 Å². The predicted molar refractivity (Wildman–Crippen MR) is 110 cm³/mol. The molecule has 1 atom stereocenters. The first-order chi connectivity index (χ1) is 13.7. The molecular formula is C21H27N3O4. The van der Waals surface area contributed by atoms with E-state index in [4.69, 9.17) is 14.2 Å². The van der Waals surface area contributed by atoms with Crippen molar-refractivity contribution in [2.24, 2.45) is 0 Å². The minimum atomic E-state index is -0.269. The van der Waals surface area contributed by atoms with Crippen LogP contribution in [0.5, 0.6) is 17.2 Å². The molecule has 0 bridgehead atoms. The fourth-order valence-corrected chi connectivity index (χ4v) is 3.55. The van der Waals surface area contributed by atoms with Crippen LogP contribution in [0.25, 0.3) is 0 Å². The van der Waals surface area contributed by atoms with Gasteiger partial charge in [0.2, 0.25) is 5.75 Å². The Kier molecular flexibility index (Phi) is 6.47. The van der Waals surface area contributed by atoms with Gasteiger partial charge in [0.15, 0.2) is 11.5 Å². The first-order valence-electron chi connectivity index (χ1n) is 9.32. The zero-order chi connectivity index (χ0) is 19.9. The van der Waals surface area contributed by atoms with Gasteiger partial charge in [-0.3, -0.25) is 0 Å². The molecule has 2 amide bonds. The molecule has 1 saturated heterocycles. The van der Waals surface area contributed by atoms with E-state index in [1.54, 1.807) is 33.5 Å². The number of ether oxygens (including phenoxy) is 3. The summed E-state index contributed by atoms with van der Waals surface area (Å²) in [6.07, 6.45) is 2.18. The van der Waals surface area contributed by atoms with Crippen molar-refractivity contribution in [1.29, 1.82) is 0 Å². The molecule has 1 unspecified atom stereocenters. The molecule has 0 radical (unpaired) electrons. The summed E-state index contributed by atoms with van der Waals surface area (Å²) in [5.41, 5.74) is 1.76. The summed E-state index contributed by atoms with van der Waals surface area (Å²) < 4.78 is 15.9. The van der Waals surface area contributed by atoms with Crippen LogP contribution in [0, 0.1) is 0 Å². The highest BCUT2D eigenvalue weighted by Gasteiger charge is 2.25. The van der Waals surface area contributed by atoms with Crippen molar-refractivity contribution < 1.29 is 19.0 Å². The zero-order valence-corrected chi connectivity index (χ0v) is 16.5. The van der Waals surface area contributed by atoms with Crippen molar-refractivity contribution in [2.45, 2.75) is 18.9 Å². The maximum atomic E-state index is 12.4. The molecule has 0 aromatic heterocycles. The van der Waals surface area contributed by atoms with Crippen molar-refractivity contribution >= 4 is 17.4 Å². The zero-order valence-electron chi connectivity index (χ0n) is 16.5. The Labute approximate surface area is 165 Å². The number of rotatable bonds is 7. The average molecular weight is 385 g/mol. The standard InChI is InChI=1S/C21H27N3O4/c1-26-18-12-15(13-19(27-2)20(18)28-3)23-21(25)22-14-17-10-7-11-24(17)16-8-5-4-6-9-16/h4-6,8-9,12-13,17H,7,10-11,14H2,1-3H3,(H2,22,23,25). The lowest BCUT2D eigenvalue weighted by molar-refractivity contribution is 0.251. The van der Waals surface area contributed by atoms with Crippen LogP contribution in [0.1, 0.15) is 12.8 Å². The summed E-state index contributed by atoms with van der Waals surface area (Å²) in [6.45, 7) is 1.58. The Morgan fingerprint density at radius 1 is 1.07 bits per heavy atom. The highest BCUT2D eigenvalue weighted by molar-refractivity contribution is 5.90. The number of benzene rings is 2. The number of carbonyl (C=O) groups is 1. The van der Waals surface area contributed by atoms with E-state index in [1.807, 2.05) is 18.2 Å². The molecule has 150 valence electrons. The number of nitrogens with one attached hydrogen (secondary N) is 2. The molecule has 1 aliphatic rings. The number of hydrogen-bond donors (Lipinski definition) is 2. The minimum absolute atomic E-state index is 0.269. The van der Waals surface area contributed by atoms with Crippen LogP contribution in [0.4, 0.5) is 16.2 Å². The van der Waals surface area contributed by atoms with Crippen molar-refractivity contribution in [1.82, 2.24) is 5.32 Å².